The van der Waals surface area contributed by atoms with Gasteiger partial charge in [0, 0.05) is 32.7 Å². The number of nitrogens with one attached hydrogen (secondary N) is 1. The molecular formula is C13H29N3O. The van der Waals surface area contributed by atoms with Crippen LogP contribution in [0.1, 0.15) is 34.1 Å². The third kappa shape index (κ3) is 6.03. The molecule has 1 unspecified atom stereocenters. The summed E-state index contributed by atoms with van der Waals surface area (Å²) in [5.74, 6) is 0.168. The van der Waals surface area contributed by atoms with Gasteiger partial charge in [-0.25, -0.2) is 0 Å². The lowest BCUT2D eigenvalue weighted by Crippen LogP contribution is -2.53. The van der Waals surface area contributed by atoms with Crippen molar-refractivity contribution in [2.45, 2.75) is 40.2 Å². The number of hydrogen-bond donors (Lipinski definition) is 1. The van der Waals surface area contributed by atoms with Gasteiger partial charge < -0.3 is 10.2 Å². The molecule has 17 heavy (non-hydrogen) atoms. The molecule has 4 heteroatoms. The van der Waals surface area contributed by atoms with Gasteiger partial charge in [0.25, 0.3) is 0 Å². The molecule has 1 heterocycles. The third-order valence-electron chi connectivity index (χ3n) is 3.01. The van der Waals surface area contributed by atoms with Crippen molar-refractivity contribution >= 4 is 5.91 Å². The zero-order chi connectivity index (χ0) is 13.3. The summed E-state index contributed by atoms with van der Waals surface area (Å²) in [5.41, 5.74) is 0. The molecule has 102 valence electrons. The fourth-order valence-corrected chi connectivity index (χ4v) is 1.77. The van der Waals surface area contributed by atoms with Gasteiger partial charge in [-0.05, 0) is 20.4 Å². The number of piperazine rings is 1. The molecule has 1 aliphatic rings. The Bertz CT molecular complexity index is 201. The minimum absolute atomic E-state index is 0.0187. The molecule has 1 atom stereocenters. The van der Waals surface area contributed by atoms with Crippen LogP contribution < -0.4 is 5.32 Å². The van der Waals surface area contributed by atoms with E-state index in [2.05, 4.69) is 29.1 Å². The Morgan fingerprint density at radius 1 is 1.24 bits per heavy atom. The van der Waals surface area contributed by atoms with Crippen molar-refractivity contribution in [2.75, 3.05) is 39.8 Å². The maximum atomic E-state index is 11.7. The SMILES string of the molecule is CC.CCCNC(=O)C(C)N1CCN(C)CC1. The number of hydrogen-bond acceptors (Lipinski definition) is 3. The summed E-state index contributed by atoms with van der Waals surface area (Å²) in [5, 5.41) is 2.95. The van der Waals surface area contributed by atoms with E-state index in [1.807, 2.05) is 20.8 Å². The van der Waals surface area contributed by atoms with Gasteiger partial charge in [-0.15, -0.1) is 0 Å². The van der Waals surface area contributed by atoms with E-state index in [0.717, 1.165) is 39.1 Å². The van der Waals surface area contributed by atoms with Gasteiger partial charge >= 0.3 is 0 Å². The first-order valence-corrected chi connectivity index (χ1v) is 6.85. The van der Waals surface area contributed by atoms with Gasteiger partial charge in [0.1, 0.15) is 0 Å². The topological polar surface area (TPSA) is 35.6 Å². The monoisotopic (exact) mass is 243 g/mol. The Balaban J connectivity index is 0.00000121. The Kier molecular flexibility index (Phi) is 9.09. The standard InChI is InChI=1S/C11H23N3O.C2H6/c1-4-5-12-11(15)10(2)14-8-6-13(3)7-9-14;1-2/h10H,4-9H2,1-3H3,(H,12,15);1-2H3. The quantitative estimate of drug-likeness (QED) is 0.805. The summed E-state index contributed by atoms with van der Waals surface area (Å²) < 4.78 is 0. The molecule has 0 bridgehead atoms. The molecule has 0 spiro atoms. The Morgan fingerprint density at radius 3 is 2.24 bits per heavy atom. The molecule has 0 aromatic heterocycles. The maximum absolute atomic E-state index is 11.7. The number of carbonyl (C=O) groups is 1. The van der Waals surface area contributed by atoms with E-state index in [9.17, 15) is 4.79 Å². The molecule has 1 N–H and O–H groups in total. The predicted molar refractivity (Wildman–Crippen MR) is 73.2 cm³/mol. The lowest BCUT2D eigenvalue weighted by molar-refractivity contribution is -0.126. The molecule has 1 fully saturated rings. The molecule has 0 aromatic rings. The lowest BCUT2D eigenvalue weighted by atomic mass is 10.2. The molecule has 0 saturated carbocycles. The third-order valence-corrected chi connectivity index (χ3v) is 3.01. The van der Waals surface area contributed by atoms with Crippen LogP contribution in [0.4, 0.5) is 0 Å². The van der Waals surface area contributed by atoms with E-state index in [0.29, 0.717) is 0 Å². The van der Waals surface area contributed by atoms with Crippen LogP contribution in [0.15, 0.2) is 0 Å². The fourth-order valence-electron chi connectivity index (χ4n) is 1.77. The van der Waals surface area contributed by atoms with Crippen molar-refractivity contribution in [3.63, 3.8) is 0 Å². The second kappa shape index (κ2) is 9.42. The summed E-state index contributed by atoms with van der Waals surface area (Å²) in [6.07, 6.45) is 1.00. The minimum atomic E-state index is 0.0187. The highest BCUT2D eigenvalue weighted by atomic mass is 16.2. The van der Waals surface area contributed by atoms with Gasteiger partial charge in [0.15, 0.2) is 0 Å². The van der Waals surface area contributed by atoms with E-state index >= 15 is 0 Å². The maximum Gasteiger partial charge on any atom is 0.237 e. The molecule has 1 aliphatic heterocycles. The van der Waals surface area contributed by atoms with Gasteiger partial charge in [0.05, 0.1) is 6.04 Å². The highest BCUT2D eigenvalue weighted by Gasteiger charge is 2.23. The normalized spacial score (nSPS) is 19.1. The highest BCUT2D eigenvalue weighted by Crippen LogP contribution is 2.04. The van der Waals surface area contributed by atoms with E-state index in [4.69, 9.17) is 0 Å². The molecule has 0 radical (unpaired) electrons. The van der Waals surface area contributed by atoms with Crippen molar-refractivity contribution in [1.82, 2.24) is 15.1 Å². The molecular weight excluding hydrogens is 214 g/mol. The first-order valence-electron chi connectivity index (χ1n) is 6.85. The van der Waals surface area contributed by atoms with Crippen molar-refractivity contribution < 1.29 is 4.79 Å². The summed E-state index contributed by atoms with van der Waals surface area (Å²) >= 11 is 0. The number of amides is 1. The Morgan fingerprint density at radius 2 is 1.76 bits per heavy atom. The van der Waals surface area contributed by atoms with Gasteiger partial charge in [0.2, 0.25) is 5.91 Å². The number of nitrogens with zero attached hydrogens (tertiary/aromatic N) is 2. The molecule has 0 aromatic carbocycles. The average molecular weight is 243 g/mol. The van der Waals surface area contributed by atoms with E-state index in [1.165, 1.54) is 0 Å². The molecule has 1 rings (SSSR count). The first kappa shape index (κ1) is 16.4. The number of likely N-dealkylation sites (N-methyl/N-ethyl adjacent to an activating group) is 1. The predicted octanol–water partition coefficient (Wildman–Crippen LogP) is 1.17. The summed E-state index contributed by atoms with van der Waals surface area (Å²) in [4.78, 5) is 16.3. The van der Waals surface area contributed by atoms with Gasteiger partial charge in [-0.3, -0.25) is 9.69 Å². The molecule has 1 amide bonds. The van der Waals surface area contributed by atoms with Crippen LogP contribution in [0.2, 0.25) is 0 Å². The molecule has 1 saturated heterocycles. The van der Waals surface area contributed by atoms with Crippen molar-refractivity contribution in [2.24, 2.45) is 0 Å². The molecule has 4 nitrogen and oxygen atoms in total. The zero-order valence-corrected chi connectivity index (χ0v) is 12.1. The van der Waals surface area contributed by atoms with Crippen LogP contribution in [0.3, 0.4) is 0 Å². The van der Waals surface area contributed by atoms with Crippen molar-refractivity contribution in [1.29, 1.82) is 0 Å². The first-order chi connectivity index (χ1) is 8.15. The van der Waals surface area contributed by atoms with E-state index in [-0.39, 0.29) is 11.9 Å². The Labute approximate surface area is 106 Å². The van der Waals surface area contributed by atoms with Crippen LogP contribution in [-0.2, 0) is 4.79 Å². The van der Waals surface area contributed by atoms with Gasteiger partial charge in [-0.2, -0.15) is 0 Å². The van der Waals surface area contributed by atoms with Crippen LogP contribution in [0.5, 0.6) is 0 Å². The van der Waals surface area contributed by atoms with E-state index in [1.54, 1.807) is 0 Å². The molecule has 0 aliphatic carbocycles. The largest absolute Gasteiger partial charge is 0.355 e. The minimum Gasteiger partial charge on any atom is -0.355 e. The van der Waals surface area contributed by atoms with Crippen LogP contribution in [0, 0.1) is 0 Å². The van der Waals surface area contributed by atoms with Crippen LogP contribution in [-0.4, -0.2) is 61.5 Å². The number of carbonyl (C=O) groups excluding carboxylic acids is 1. The lowest BCUT2D eigenvalue weighted by Gasteiger charge is -2.35. The highest BCUT2D eigenvalue weighted by molar-refractivity contribution is 5.81. The number of rotatable bonds is 4. The van der Waals surface area contributed by atoms with Crippen LogP contribution >= 0.6 is 0 Å². The summed E-state index contributed by atoms with van der Waals surface area (Å²) in [6.45, 7) is 13.0. The summed E-state index contributed by atoms with van der Waals surface area (Å²) in [6, 6.07) is 0.0187. The van der Waals surface area contributed by atoms with Crippen LogP contribution in [0.25, 0.3) is 0 Å². The second-order valence-corrected chi connectivity index (χ2v) is 4.31. The van der Waals surface area contributed by atoms with E-state index < -0.39 is 0 Å². The Hall–Kier alpha value is -0.610. The summed E-state index contributed by atoms with van der Waals surface area (Å²) in [7, 11) is 2.12. The smallest absolute Gasteiger partial charge is 0.237 e. The average Bonchev–Trinajstić information content (AvgIpc) is 2.38. The zero-order valence-electron chi connectivity index (χ0n) is 12.1. The second-order valence-electron chi connectivity index (χ2n) is 4.31. The van der Waals surface area contributed by atoms with Crippen molar-refractivity contribution in [3.05, 3.63) is 0 Å². The van der Waals surface area contributed by atoms with Crippen molar-refractivity contribution in [3.8, 4) is 0 Å². The fraction of sp³-hybridized carbons (Fsp3) is 0.923. The van der Waals surface area contributed by atoms with Gasteiger partial charge in [-0.1, -0.05) is 20.8 Å².